The molecule has 0 saturated carbocycles. The van der Waals surface area contributed by atoms with Gasteiger partial charge in [-0.15, -0.1) is 0 Å². The fraction of sp³-hybridized carbons (Fsp3) is 0.250. The fourth-order valence-corrected chi connectivity index (χ4v) is 2.38. The van der Waals surface area contributed by atoms with Crippen LogP contribution in [0.3, 0.4) is 0 Å². The second-order valence-electron chi connectivity index (χ2n) is 4.82. The molecule has 0 spiro atoms. The maximum atomic E-state index is 13.9. The van der Waals surface area contributed by atoms with Gasteiger partial charge in [0.15, 0.2) is 0 Å². The van der Waals surface area contributed by atoms with Crippen molar-refractivity contribution >= 4 is 15.9 Å². The third-order valence-electron chi connectivity index (χ3n) is 3.14. The van der Waals surface area contributed by atoms with Crippen molar-refractivity contribution in [1.29, 1.82) is 0 Å². The molecule has 2 rings (SSSR count). The molecule has 0 fully saturated rings. The van der Waals surface area contributed by atoms with E-state index in [4.69, 9.17) is 10.5 Å². The molecule has 0 aliphatic heterocycles. The lowest BCUT2D eigenvalue weighted by molar-refractivity contribution is 0.295. The lowest BCUT2D eigenvalue weighted by Crippen LogP contribution is -2.17. The van der Waals surface area contributed by atoms with Crippen LogP contribution in [0.4, 0.5) is 8.78 Å². The minimum absolute atomic E-state index is 0.114. The summed E-state index contributed by atoms with van der Waals surface area (Å²) < 4.78 is 33.4. The van der Waals surface area contributed by atoms with E-state index < -0.39 is 17.7 Å². The third kappa shape index (κ3) is 4.02. The van der Waals surface area contributed by atoms with E-state index in [1.807, 2.05) is 31.2 Å². The first-order valence-electron chi connectivity index (χ1n) is 6.57. The van der Waals surface area contributed by atoms with E-state index in [1.54, 1.807) is 0 Å². The van der Waals surface area contributed by atoms with Crippen molar-refractivity contribution in [3.8, 4) is 5.75 Å². The van der Waals surface area contributed by atoms with Gasteiger partial charge in [-0.25, -0.2) is 8.78 Å². The van der Waals surface area contributed by atoms with Crippen molar-refractivity contribution in [2.24, 2.45) is 5.73 Å². The maximum Gasteiger partial charge on any atom is 0.145 e. The molecule has 0 aromatic heterocycles. The Bertz CT molecular complexity index is 634. The highest BCUT2D eigenvalue weighted by molar-refractivity contribution is 9.10. The molecule has 0 aliphatic carbocycles. The Morgan fingerprint density at radius 2 is 2.00 bits per heavy atom. The quantitative estimate of drug-likeness (QED) is 0.801. The Labute approximate surface area is 131 Å². The molecule has 2 nitrogen and oxygen atoms in total. The summed E-state index contributed by atoms with van der Waals surface area (Å²) in [6.07, 6.45) is 0.318. The average molecular weight is 356 g/mol. The van der Waals surface area contributed by atoms with Crippen LogP contribution in [0.5, 0.6) is 5.75 Å². The summed E-state index contributed by atoms with van der Waals surface area (Å²) >= 11 is 3.03. The Hall–Kier alpha value is -1.46. The smallest absolute Gasteiger partial charge is 0.145 e. The fourth-order valence-electron chi connectivity index (χ4n) is 2.04. The first-order valence-corrected chi connectivity index (χ1v) is 7.37. The first kappa shape index (κ1) is 15.9. The molecular formula is C16H16BrF2NO. The third-order valence-corrected chi connectivity index (χ3v) is 3.75. The second-order valence-corrected chi connectivity index (χ2v) is 5.67. The van der Waals surface area contributed by atoms with Crippen LogP contribution >= 0.6 is 15.9 Å². The molecule has 0 bridgehead atoms. The molecule has 0 heterocycles. The molecular weight excluding hydrogens is 340 g/mol. The Kier molecular flexibility index (Phi) is 5.31. The van der Waals surface area contributed by atoms with Crippen molar-refractivity contribution in [2.45, 2.75) is 19.4 Å². The molecule has 5 heteroatoms. The molecule has 0 radical (unpaired) electrons. The monoisotopic (exact) mass is 355 g/mol. The van der Waals surface area contributed by atoms with Crippen LogP contribution in [0.2, 0.25) is 0 Å². The number of nitrogens with two attached hydrogens (primary N) is 1. The van der Waals surface area contributed by atoms with Crippen molar-refractivity contribution in [1.82, 2.24) is 0 Å². The van der Waals surface area contributed by atoms with Crippen LogP contribution in [0, 0.1) is 18.6 Å². The molecule has 2 aromatic rings. The number of ether oxygens (including phenoxy) is 1. The van der Waals surface area contributed by atoms with Crippen molar-refractivity contribution < 1.29 is 13.5 Å². The zero-order valence-electron chi connectivity index (χ0n) is 11.6. The average Bonchev–Trinajstić information content (AvgIpc) is 2.43. The first-order chi connectivity index (χ1) is 9.99. The molecule has 0 saturated heterocycles. The van der Waals surface area contributed by atoms with E-state index >= 15 is 0 Å². The zero-order chi connectivity index (χ0) is 15.4. The zero-order valence-corrected chi connectivity index (χ0v) is 13.2. The van der Waals surface area contributed by atoms with E-state index in [1.165, 1.54) is 12.1 Å². The summed E-state index contributed by atoms with van der Waals surface area (Å²) in [7, 11) is 0. The number of hydrogen-bond donors (Lipinski definition) is 1. The van der Waals surface area contributed by atoms with Crippen molar-refractivity contribution in [2.75, 3.05) is 6.61 Å². The van der Waals surface area contributed by atoms with E-state index in [2.05, 4.69) is 15.9 Å². The maximum absolute atomic E-state index is 13.9. The largest absolute Gasteiger partial charge is 0.494 e. The molecule has 2 aromatic carbocycles. The molecule has 0 amide bonds. The van der Waals surface area contributed by atoms with E-state index in [0.717, 1.165) is 11.3 Å². The van der Waals surface area contributed by atoms with Gasteiger partial charge in [-0.3, -0.25) is 0 Å². The number of aryl methyl sites for hydroxylation is 1. The van der Waals surface area contributed by atoms with Crippen molar-refractivity contribution in [3.63, 3.8) is 0 Å². The van der Waals surface area contributed by atoms with Gasteiger partial charge in [0.05, 0.1) is 11.1 Å². The van der Waals surface area contributed by atoms with Gasteiger partial charge in [0.25, 0.3) is 0 Å². The normalized spacial score (nSPS) is 12.2. The Morgan fingerprint density at radius 3 is 2.71 bits per heavy atom. The summed E-state index contributed by atoms with van der Waals surface area (Å²) in [5.41, 5.74) is 6.85. The van der Waals surface area contributed by atoms with Gasteiger partial charge >= 0.3 is 0 Å². The molecule has 21 heavy (non-hydrogen) atoms. The molecule has 2 N–H and O–H groups in total. The minimum Gasteiger partial charge on any atom is -0.494 e. The van der Waals surface area contributed by atoms with E-state index in [9.17, 15) is 8.78 Å². The lowest BCUT2D eigenvalue weighted by atomic mass is 10.0. The summed E-state index contributed by atoms with van der Waals surface area (Å²) in [5, 5.41) is 0. The highest BCUT2D eigenvalue weighted by atomic mass is 79.9. The summed E-state index contributed by atoms with van der Waals surface area (Å²) in [6.45, 7) is 2.25. The van der Waals surface area contributed by atoms with Gasteiger partial charge in [-0.2, -0.15) is 0 Å². The van der Waals surface area contributed by atoms with Crippen LogP contribution in [0.15, 0.2) is 40.9 Å². The van der Waals surface area contributed by atoms with Gasteiger partial charge in [0, 0.05) is 18.0 Å². The second kappa shape index (κ2) is 7.00. The highest BCUT2D eigenvalue weighted by Gasteiger charge is 2.19. The number of hydrogen-bond acceptors (Lipinski definition) is 2. The predicted molar refractivity (Wildman–Crippen MR) is 82.3 cm³/mol. The van der Waals surface area contributed by atoms with E-state index in [-0.39, 0.29) is 16.6 Å². The molecule has 0 aliphatic rings. The number of halogens is 3. The SMILES string of the molecule is Cc1cccc(OCCC(N)c2c(F)ccc(Br)c2F)c1. The van der Waals surface area contributed by atoms with Crippen LogP contribution in [-0.2, 0) is 0 Å². The topological polar surface area (TPSA) is 35.2 Å². The lowest BCUT2D eigenvalue weighted by Gasteiger charge is -2.15. The van der Waals surface area contributed by atoms with Crippen molar-refractivity contribution in [3.05, 3.63) is 63.6 Å². The summed E-state index contributed by atoms with van der Waals surface area (Å²) in [6, 6.07) is 9.34. The van der Waals surface area contributed by atoms with Gasteiger partial charge < -0.3 is 10.5 Å². The standard InChI is InChI=1S/C16H16BrF2NO/c1-10-3-2-4-11(9-10)21-8-7-14(20)15-13(18)6-5-12(17)16(15)19/h2-6,9,14H,7-8,20H2,1H3. The predicted octanol–water partition coefficient (Wildman–Crippen LogP) is 4.50. The molecule has 1 atom stereocenters. The van der Waals surface area contributed by atoms with Gasteiger partial charge in [-0.1, -0.05) is 12.1 Å². The Balaban J connectivity index is 1.99. The van der Waals surface area contributed by atoms with E-state index in [0.29, 0.717) is 6.42 Å². The van der Waals surface area contributed by atoms with Crippen LogP contribution in [-0.4, -0.2) is 6.61 Å². The summed E-state index contributed by atoms with van der Waals surface area (Å²) in [5.74, 6) is -0.575. The highest BCUT2D eigenvalue weighted by Crippen LogP contribution is 2.27. The van der Waals surface area contributed by atoms with Crippen LogP contribution in [0.25, 0.3) is 0 Å². The number of rotatable bonds is 5. The van der Waals surface area contributed by atoms with Crippen LogP contribution < -0.4 is 10.5 Å². The Morgan fingerprint density at radius 1 is 1.24 bits per heavy atom. The molecule has 1 unspecified atom stereocenters. The van der Waals surface area contributed by atoms with Gasteiger partial charge in [0.2, 0.25) is 0 Å². The minimum atomic E-state index is -0.757. The van der Waals surface area contributed by atoms with Gasteiger partial charge in [-0.05, 0) is 52.7 Å². The van der Waals surface area contributed by atoms with Crippen LogP contribution in [0.1, 0.15) is 23.6 Å². The van der Waals surface area contributed by atoms with Gasteiger partial charge in [0.1, 0.15) is 17.4 Å². The summed E-state index contributed by atoms with van der Waals surface area (Å²) in [4.78, 5) is 0. The number of benzene rings is 2. The molecule has 112 valence electrons.